The number of aliphatic hydroxyl groups is 3. The number of benzene rings is 1. The summed E-state index contributed by atoms with van der Waals surface area (Å²) >= 11 is 0. The van der Waals surface area contributed by atoms with Gasteiger partial charge in [0.15, 0.2) is 6.23 Å². The summed E-state index contributed by atoms with van der Waals surface area (Å²) in [7, 11) is 0. The number of unbranched alkanes of at least 4 members (excludes halogenated alkanes) is 30. The predicted octanol–water partition coefficient (Wildman–Crippen LogP) is 11.6. The summed E-state index contributed by atoms with van der Waals surface area (Å²) in [6.07, 6.45) is 33.3. The average Bonchev–Trinajstić information content (AvgIpc) is 3.34. The standard InChI is InChI=1S/C57H101N3O9/c1-3-5-7-9-11-13-15-17-19-21-23-25-27-29-31-38-44-60(51(63)42-35-30-28-26-24-22-20-18-16-14-12-10-8-6-4-2)57-53(55(67)54(66)49(46-61)69-57)59-56(68)48(45-47-39-33-32-34-40-47)58-50(62)41-36-37-43-52(64)65/h32-34,39-40,48-49,53-55,57,61,66-67H,3-31,35-38,41-46H2,1-2H3,(H,58,62)(H,59,68)(H,64,65)/t48-,49+,53+,54+,55+,57+/m0/s1. The molecule has 1 aliphatic heterocycles. The van der Waals surface area contributed by atoms with Gasteiger partial charge in [0, 0.05) is 32.2 Å². The van der Waals surface area contributed by atoms with Crippen LogP contribution in [0.5, 0.6) is 0 Å². The Morgan fingerprint density at radius 3 is 1.43 bits per heavy atom. The zero-order valence-corrected chi connectivity index (χ0v) is 43.7. The highest BCUT2D eigenvalue weighted by Gasteiger charge is 2.48. The number of amides is 3. The highest BCUT2D eigenvalue weighted by Crippen LogP contribution is 2.27. The number of hydrogen-bond donors (Lipinski definition) is 6. The molecule has 3 amide bonds. The van der Waals surface area contributed by atoms with Gasteiger partial charge in [-0.1, -0.05) is 230 Å². The number of carboxylic acid groups (broad SMARTS) is 1. The molecule has 1 saturated heterocycles. The Labute approximate surface area is 419 Å². The molecular weight excluding hydrogens is 871 g/mol. The molecular formula is C57H101N3O9. The summed E-state index contributed by atoms with van der Waals surface area (Å²) in [6.45, 7) is 4.25. The second-order valence-corrected chi connectivity index (χ2v) is 20.3. The van der Waals surface area contributed by atoms with Gasteiger partial charge in [0.05, 0.1) is 6.61 Å². The Bertz CT molecular complexity index is 1430. The van der Waals surface area contributed by atoms with Gasteiger partial charge in [0.2, 0.25) is 17.7 Å². The molecule has 12 nitrogen and oxygen atoms in total. The molecule has 6 N–H and O–H groups in total. The van der Waals surface area contributed by atoms with Gasteiger partial charge in [-0.25, -0.2) is 0 Å². The van der Waals surface area contributed by atoms with E-state index in [-0.39, 0.29) is 31.6 Å². The molecule has 1 aliphatic rings. The molecule has 2 rings (SSSR count). The molecule has 0 bridgehead atoms. The van der Waals surface area contributed by atoms with Crippen molar-refractivity contribution in [3.05, 3.63) is 35.9 Å². The van der Waals surface area contributed by atoms with Crippen LogP contribution in [-0.4, -0.2) is 98.8 Å². The number of nitrogens with zero attached hydrogens (tertiary/aromatic N) is 1. The van der Waals surface area contributed by atoms with E-state index < -0.39 is 61.0 Å². The second kappa shape index (κ2) is 41.5. The van der Waals surface area contributed by atoms with E-state index in [1.165, 1.54) is 148 Å². The van der Waals surface area contributed by atoms with Crippen LogP contribution in [0.25, 0.3) is 0 Å². The number of ether oxygens (including phenoxy) is 1. The minimum absolute atomic E-state index is 0.0292. The summed E-state index contributed by atoms with van der Waals surface area (Å²) < 4.78 is 6.28. The number of nitrogens with one attached hydrogen (secondary N) is 2. The van der Waals surface area contributed by atoms with E-state index in [0.717, 1.165) is 44.1 Å². The van der Waals surface area contributed by atoms with Crippen LogP contribution in [0.4, 0.5) is 0 Å². The molecule has 0 radical (unpaired) electrons. The summed E-state index contributed by atoms with van der Waals surface area (Å²) in [5.41, 5.74) is 0.782. The first-order valence-corrected chi connectivity index (χ1v) is 28.4. The van der Waals surface area contributed by atoms with Gasteiger partial charge < -0.3 is 40.7 Å². The molecule has 0 saturated carbocycles. The lowest BCUT2D eigenvalue weighted by molar-refractivity contribution is -0.231. The number of carbonyl (C=O) groups is 4. The molecule has 0 aliphatic carbocycles. The van der Waals surface area contributed by atoms with Gasteiger partial charge in [-0.15, -0.1) is 0 Å². The van der Waals surface area contributed by atoms with E-state index in [0.29, 0.717) is 32.2 Å². The van der Waals surface area contributed by atoms with Crippen molar-refractivity contribution in [2.45, 2.75) is 288 Å². The Hall–Kier alpha value is -3.06. The number of carbonyl (C=O) groups excluding carboxylic acids is 3. The molecule has 1 aromatic carbocycles. The van der Waals surface area contributed by atoms with Gasteiger partial charge in [-0.2, -0.15) is 0 Å². The summed E-state index contributed by atoms with van der Waals surface area (Å²) in [5, 5.41) is 47.7. The average molecular weight is 972 g/mol. The van der Waals surface area contributed by atoms with E-state index in [9.17, 15) is 34.5 Å². The summed E-state index contributed by atoms with van der Waals surface area (Å²) in [6, 6.07) is 6.86. The third-order valence-electron chi connectivity index (χ3n) is 14.1. The van der Waals surface area contributed by atoms with Crippen molar-refractivity contribution in [2.24, 2.45) is 0 Å². The van der Waals surface area contributed by atoms with Crippen molar-refractivity contribution in [3.8, 4) is 0 Å². The first-order chi connectivity index (χ1) is 33.6. The van der Waals surface area contributed by atoms with Crippen LogP contribution in [0.3, 0.4) is 0 Å². The van der Waals surface area contributed by atoms with E-state index in [1.54, 1.807) is 4.90 Å². The van der Waals surface area contributed by atoms with Crippen LogP contribution in [0.1, 0.15) is 251 Å². The molecule has 0 spiro atoms. The van der Waals surface area contributed by atoms with Crippen LogP contribution >= 0.6 is 0 Å². The fourth-order valence-electron chi connectivity index (χ4n) is 9.69. The highest BCUT2D eigenvalue weighted by molar-refractivity contribution is 5.88. The molecule has 0 aromatic heterocycles. The lowest BCUT2D eigenvalue weighted by Crippen LogP contribution is -2.70. The Balaban J connectivity index is 2.07. The number of carboxylic acids is 1. The van der Waals surface area contributed by atoms with Crippen molar-refractivity contribution in [2.75, 3.05) is 13.2 Å². The largest absolute Gasteiger partial charge is 0.481 e. The van der Waals surface area contributed by atoms with E-state index in [2.05, 4.69) is 24.5 Å². The van der Waals surface area contributed by atoms with Crippen LogP contribution < -0.4 is 10.6 Å². The van der Waals surface area contributed by atoms with E-state index in [1.807, 2.05) is 30.3 Å². The van der Waals surface area contributed by atoms with Crippen LogP contribution in [0.2, 0.25) is 0 Å². The lowest BCUT2D eigenvalue weighted by Gasteiger charge is -2.47. The first-order valence-electron chi connectivity index (χ1n) is 28.4. The van der Waals surface area contributed by atoms with Crippen molar-refractivity contribution < 1.29 is 44.3 Å². The number of rotatable bonds is 45. The molecule has 1 fully saturated rings. The molecule has 6 atom stereocenters. The normalized spacial score (nSPS) is 18.5. The molecule has 398 valence electrons. The minimum atomic E-state index is -1.58. The van der Waals surface area contributed by atoms with Crippen molar-refractivity contribution in [3.63, 3.8) is 0 Å². The summed E-state index contributed by atoms with van der Waals surface area (Å²) in [5.74, 6) is -2.15. The SMILES string of the molecule is CCCCCCCCCCCCCCCCCCN(C(=O)CCCCCCCCCCCCCCCCC)[C@@H]1O[C@H](CO)[C@@H](O)[C@H](O)[C@H]1NC(=O)[C@H](Cc1ccccc1)NC(=O)CCCCC(=O)O. The zero-order valence-electron chi connectivity index (χ0n) is 43.7. The quantitative estimate of drug-likeness (QED) is 0.0346. The molecule has 12 heteroatoms. The Kier molecular flexibility index (Phi) is 37.4. The van der Waals surface area contributed by atoms with E-state index >= 15 is 0 Å². The third-order valence-corrected chi connectivity index (χ3v) is 14.1. The molecule has 1 aromatic rings. The first kappa shape index (κ1) is 62.1. The van der Waals surface area contributed by atoms with Gasteiger partial charge in [-0.3, -0.25) is 19.2 Å². The number of hydrogen-bond acceptors (Lipinski definition) is 8. The minimum Gasteiger partial charge on any atom is -0.481 e. The summed E-state index contributed by atoms with van der Waals surface area (Å²) in [4.78, 5) is 54.3. The van der Waals surface area contributed by atoms with Crippen LogP contribution in [0.15, 0.2) is 30.3 Å². The fourth-order valence-corrected chi connectivity index (χ4v) is 9.69. The second-order valence-electron chi connectivity index (χ2n) is 20.3. The Morgan fingerprint density at radius 1 is 0.565 bits per heavy atom. The van der Waals surface area contributed by atoms with Crippen molar-refractivity contribution in [1.82, 2.24) is 15.5 Å². The smallest absolute Gasteiger partial charge is 0.303 e. The third kappa shape index (κ3) is 29.8. The number of aliphatic carboxylic acids is 1. The van der Waals surface area contributed by atoms with Gasteiger partial charge in [0.1, 0.15) is 30.4 Å². The lowest BCUT2D eigenvalue weighted by atomic mass is 9.94. The maximum atomic E-state index is 14.3. The molecule has 1 heterocycles. The maximum absolute atomic E-state index is 14.3. The predicted molar refractivity (Wildman–Crippen MR) is 279 cm³/mol. The number of aliphatic hydroxyl groups excluding tert-OH is 3. The van der Waals surface area contributed by atoms with Crippen molar-refractivity contribution in [1.29, 1.82) is 0 Å². The highest BCUT2D eigenvalue weighted by atomic mass is 16.5. The fraction of sp³-hybridized carbons (Fsp3) is 0.825. The molecule has 69 heavy (non-hydrogen) atoms. The van der Waals surface area contributed by atoms with Crippen LogP contribution in [-0.2, 0) is 30.3 Å². The van der Waals surface area contributed by atoms with Crippen LogP contribution in [0, 0.1) is 0 Å². The van der Waals surface area contributed by atoms with Gasteiger partial charge >= 0.3 is 5.97 Å². The van der Waals surface area contributed by atoms with Crippen molar-refractivity contribution >= 4 is 23.7 Å². The van der Waals surface area contributed by atoms with Gasteiger partial charge in [0.25, 0.3) is 0 Å². The topological polar surface area (TPSA) is 186 Å². The Morgan fingerprint density at radius 2 is 0.986 bits per heavy atom. The monoisotopic (exact) mass is 972 g/mol. The molecule has 0 unspecified atom stereocenters. The maximum Gasteiger partial charge on any atom is 0.303 e. The zero-order chi connectivity index (χ0) is 50.2. The van der Waals surface area contributed by atoms with E-state index in [4.69, 9.17) is 9.84 Å². The van der Waals surface area contributed by atoms with Gasteiger partial charge in [-0.05, 0) is 31.2 Å².